The molecule has 27 heavy (non-hydrogen) atoms. The maximum absolute atomic E-state index is 12.8. The fourth-order valence-electron chi connectivity index (χ4n) is 4.05. The third-order valence-corrected chi connectivity index (χ3v) is 5.99. The molecule has 4 rings (SSSR count). The minimum absolute atomic E-state index is 0.0462. The fourth-order valence-corrected chi connectivity index (χ4v) is 4.05. The van der Waals surface area contributed by atoms with E-state index in [1.807, 2.05) is 60.4 Å². The molecule has 0 N–H and O–H groups in total. The highest BCUT2D eigenvalue weighted by Crippen LogP contribution is 2.30. The van der Waals surface area contributed by atoms with Crippen LogP contribution in [0, 0.1) is 5.92 Å². The van der Waals surface area contributed by atoms with Gasteiger partial charge < -0.3 is 9.80 Å². The van der Waals surface area contributed by atoms with Crippen LogP contribution in [0.3, 0.4) is 0 Å². The van der Waals surface area contributed by atoms with Gasteiger partial charge in [0.05, 0.1) is 12.5 Å². The zero-order valence-electron chi connectivity index (χ0n) is 16.0. The Morgan fingerprint density at radius 1 is 1.04 bits per heavy atom. The average molecular weight is 362 g/mol. The Morgan fingerprint density at radius 3 is 2.37 bits per heavy atom. The topological polar surface area (TPSA) is 40.6 Å². The first kappa shape index (κ1) is 17.8. The molecule has 4 heteroatoms. The lowest BCUT2D eigenvalue weighted by Crippen LogP contribution is -2.40. The highest BCUT2D eigenvalue weighted by Gasteiger charge is 2.29. The molecule has 2 heterocycles. The van der Waals surface area contributed by atoms with Gasteiger partial charge in [-0.15, -0.1) is 0 Å². The standard InChI is InChI=1S/C23H26N2O2/c1-16-11-13-24(14-12-16)22(26)17(2)18-7-9-20(10-8-18)25-15-19-5-3-4-6-21(19)23(25)27/h3-10,16-17H,11-15H2,1-2H3. The van der Waals surface area contributed by atoms with E-state index in [0.29, 0.717) is 12.5 Å². The first-order chi connectivity index (χ1) is 13.0. The number of fused-ring (bicyclic) bond motifs is 1. The molecule has 1 unspecified atom stereocenters. The van der Waals surface area contributed by atoms with Crippen LogP contribution >= 0.6 is 0 Å². The molecule has 0 aliphatic carbocycles. The number of hydrogen-bond donors (Lipinski definition) is 0. The molecule has 0 bridgehead atoms. The maximum atomic E-state index is 12.8. The van der Waals surface area contributed by atoms with Crippen molar-refractivity contribution in [3.05, 3.63) is 65.2 Å². The fraction of sp³-hybridized carbons (Fsp3) is 0.391. The summed E-state index contributed by atoms with van der Waals surface area (Å²) in [5.41, 5.74) is 3.73. The van der Waals surface area contributed by atoms with Crippen LogP contribution in [0.15, 0.2) is 48.5 Å². The highest BCUT2D eigenvalue weighted by molar-refractivity contribution is 6.10. The number of hydrogen-bond acceptors (Lipinski definition) is 2. The molecule has 0 spiro atoms. The van der Waals surface area contributed by atoms with Crippen LogP contribution in [0.5, 0.6) is 0 Å². The molecule has 2 aliphatic heterocycles. The van der Waals surface area contributed by atoms with Crippen LogP contribution in [0.1, 0.15) is 54.1 Å². The predicted molar refractivity (Wildman–Crippen MR) is 107 cm³/mol. The van der Waals surface area contributed by atoms with E-state index in [-0.39, 0.29) is 17.7 Å². The van der Waals surface area contributed by atoms with Crippen molar-refractivity contribution in [3.8, 4) is 0 Å². The van der Waals surface area contributed by atoms with Gasteiger partial charge in [-0.2, -0.15) is 0 Å². The monoisotopic (exact) mass is 362 g/mol. The first-order valence-electron chi connectivity index (χ1n) is 9.83. The summed E-state index contributed by atoms with van der Waals surface area (Å²) in [6.07, 6.45) is 2.18. The van der Waals surface area contributed by atoms with E-state index in [9.17, 15) is 9.59 Å². The van der Waals surface area contributed by atoms with Gasteiger partial charge in [0.15, 0.2) is 0 Å². The summed E-state index contributed by atoms with van der Waals surface area (Å²) >= 11 is 0. The van der Waals surface area contributed by atoms with Crippen LogP contribution < -0.4 is 4.90 Å². The summed E-state index contributed by atoms with van der Waals surface area (Å²) in [7, 11) is 0. The number of likely N-dealkylation sites (tertiary alicyclic amines) is 1. The van der Waals surface area contributed by atoms with Gasteiger partial charge in [0.2, 0.25) is 5.91 Å². The van der Waals surface area contributed by atoms with Crippen LogP contribution in [0.2, 0.25) is 0 Å². The molecule has 1 fully saturated rings. The Balaban J connectivity index is 1.46. The number of anilines is 1. The average Bonchev–Trinajstić information content (AvgIpc) is 3.04. The predicted octanol–water partition coefficient (Wildman–Crippen LogP) is 4.21. The lowest BCUT2D eigenvalue weighted by atomic mass is 9.95. The van der Waals surface area contributed by atoms with Crippen molar-refractivity contribution in [2.75, 3.05) is 18.0 Å². The lowest BCUT2D eigenvalue weighted by molar-refractivity contribution is -0.133. The van der Waals surface area contributed by atoms with Gasteiger partial charge in [-0.25, -0.2) is 0 Å². The zero-order chi connectivity index (χ0) is 19.0. The third-order valence-electron chi connectivity index (χ3n) is 5.99. The molecule has 1 atom stereocenters. The quantitative estimate of drug-likeness (QED) is 0.821. The van der Waals surface area contributed by atoms with Gasteiger partial charge in [-0.1, -0.05) is 37.3 Å². The van der Waals surface area contributed by atoms with E-state index in [1.54, 1.807) is 4.90 Å². The third kappa shape index (κ3) is 3.36. The van der Waals surface area contributed by atoms with Crippen molar-refractivity contribution >= 4 is 17.5 Å². The second-order valence-corrected chi connectivity index (χ2v) is 7.87. The van der Waals surface area contributed by atoms with E-state index < -0.39 is 0 Å². The van der Waals surface area contributed by atoms with Crippen LogP contribution in [-0.4, -0.2) is 29.8 Å². The number of nitrogens with zero attached hydrogens (tertiary/aromatic N) is 2. The number of rotatable bonds is 3. The Hall–Kier alpha value is -2.62. The number of benzene rings is 2. The van der Waals surface area contributed by atoms with Crippen molar-refractivity contribution in [1.29, 1.82) is 0 Å². The molecule has 140 valence electrons. The SMILES string of the molecule is CC1CCN(C(=O)C(C)c2ccc(N3Cc4ccccc4C3=O)cc2)CC1. The van der Waals surface area contributed by atoms with Crippen molar-refractivity contribution < 1.29 is 9.59 Å². The minimum Gasteiger partial charge on any atom is -0.342 e. The largest absolute Gasteiger partial charge is 0.342 e. The molecule has 0 saturated carbocycles. The first-order valence-corrected chi connectivity index (χ1v) is 9.83. The van der Waals surface area contributed by atoms with Crippen molar-refractivity contribution in [3.63, 3.8) is 0 Å². The second kappa shape index (κ2) is 7.18. The Labute approximate surface area is 160 Å². The van der Waals surface area contributed by atoms with E-state index in [1.165, 1.54) is 0 Å². The summed E-state index contributed by atoms with van der Waals surface area (Å²) in [6, 6.07) is 15.6. The van der Waals surface area contributed by atoms with E-state index in [4.69, 9.17) is 0 Å². The molecule has 0 radical (unpaired) electrons. The van der Waals surface area contributed by atoms with E-state index in [0.717, 1.165) is 48.3 Å². The van der Waals surface area contributed by atoms with Crippen LogP contribution in [0.25, 0.3) is 0 Å². The van der Waals surface area contributed by atoms with Gasteiger partial charge in [0.25, 0.3) is 5.91 Å². The van der Waals surface area contributed by atoms with Gasteiger partial charge in [0.1, 0.15) is 0 Å². The number of piperidine rings is 1. The molecule has 0 aromatic heterocycles. The smallest absolute Gasteiger partial charge is 0.258 e. The van der Waals surface area contributed by atoms with E-state index >= 15 is 0 Å². The molecular weight excluding hydrogens is 336 g/mol. The molecule has 2 aliphatic rings. The summed E-state index contributed by atoms with van der Waals surface area (Å²) < 4.78 is 0. The second-order valence-electron chi connectivity index (χ2n) is 7.87. The van der Waals surface area contributed by atoms with Gasteiger partial charge in [-0.3, -0.25) is 9.59 Å². The molecule has 2 amide bonds. The van der Waals surface area contributed by atoms with Crippen molar-refractivity contribution in [1.82, 2.24) is 4.90 Å². The highest BCUT2D eigenvalue weighted by atomic mass is 16.2. The molecule has 2 aromatic rings. The number of amides is 2. The zero-order valence-corrected chi connectivity index (χ0v) is 16.0. The van der Waals surface area contributed by atoms with Crippen LogP contribution in [-0.2, 0) is 11.3 Å². The Morgan fingerprint density at radius 2 is 1.70 bits per heavy atom. The number of carbonyl (C=O) groups is 2. The maximum Gasteiger partial charge on any atom is 0.258 e. The Kier molecular flexibility index (Phi) is 4.73. The molecule has 2 aromatic carbocycles. The van der Waals surface area contributed by atoms with Crippen molar-refractivity contribution in [2.45, 2.75) is 39.2 Å². The normalized spacial score (nSPS) is 18.5. The molecule has 1 saturated heterocycles. The summed E-state index contributed by atoms with van der Waals surface area (Å²) in [5, 5.41) is 0. The van der Waals surface area contributed by atoms with Gasteiger partial charge in [-0.05, 0) is 55.0 Å². The number of carbonyl (C=O) groups excluding carboxylic acids is 2. The van der Waals surface area contributed by atoms with Gasteiger partial charge in [0, 0.05) is 24.3 Å². The van der Waals surface area contributed by atoms with Gasteiger partial charge >= 0.3 is 0 Å². The summed E-state index contributed by atoms with van der Waals surface area (Å²) in [4.78, 5) is 29.2. The summed E-state index contributed by atoms with van der Waals surface area (Å²) in [5.74, 6) is 0.814. The Bertz CT molecular complexity index is 851. The summed E-state index contributed by atoms with van der Waals surface area (Å²) in [6.45, 7) is 6.56. The molecule has 4 nitrogen and oxygen atoms in total. The van der Waals surface area contributed by atoms with E-state index in [2.05, 4.69) is 6.92 Å². The lowest BCUT2D eigenvalue weighted by Gasteiger charge is -2.32. The minimum atomic E-state index is -0.154. The van der Waals surface area contributed by atoms with Crippen LogP contribution in [0.4, 0.5) is 5.69 Å². The van der Waals surface area contributed by atoms with Crippen molar-refractivity contribution in [2.24, 2.45) is 5.92 Å². The molecular formula is C23H26N2O2.